The van der Waals surface area contributed by atoms with Crippen LogP contribution in [0.25, 0.3) is 0 Å². The zero-order valence-corrected chi connectivity index (χ0v) is 9.76. The Hall–Kier alpha value is -1.30. The van der Waals surface area contributed by atoms with Crippen molar-refractivity contribution in [2.24, 2.45) is 0 Å². The van der Waals surface area contributed by atoms with Crippen molar-refractivity contribution in [3.63, 3.8) is 0 Å². The molecule has 6 heteroatoms. The normalized spacial score (nSPS) is 16.8. The molecule has 0 saturated heterocycles. The quantitative estimate of drug-likeness (QED) is 0.797. The number of nitrogens with one attached hydrogen (secondary N) is 2. The monoisotopic (exact) mass is 239 g/mol. The molecular formula is C10H13N3O2S. The van der Waals surface area contributed by atoms with E-state index in [0.717, 1.165) is 12.8 Å². The maximum Gasteiger partial charge on any atom is 0.271 e. The van der Waals surface area contributed by atoms with Gasteiger partial charge in [0.2, 0.25) is 0 Å². The van der Waals surface area contributed by atoms with Gasteiger partial charge in [0.05, 0.1) is 0 Å². The van der Waals surface area contributed by atoms with Gasteiger partial charge in [-0.05, 0) is 25.2 Å². The average molecular weight is 239 g/mol. The zero-order chi connectivity index (χ0) is 11.6. The fraction of sp³-hybridized carbons (Fsp3) is 0.500. The van der Waals surface area contributed by atoms with Crippen LogP contribution in [0.15, 0.2) is 16.9 Å². The number of carbonyl (C=O) groups is 1. The van der Waals surface area contributed by atoms with Gasteiger partial charge in [0, 0.05) is 17.4 Å². The molecule has 0 unspecified atom stereocenters. The predicted molar refractivity (Wildman–Crippen MR) is 62.7 cm³/mol. The number of nitrogens with zero attached hydrogens (tertiary/aromatic N) is 1. The van der Waals surface area contributed by atoms with Crippen LogP contribution in [0, 0.1) is 0 Å². The maximum atomic E-state index is 11.6. The first-order chi connectivity index (χ1) is 7.65. The largest absolute Gasteiger partial charge is 0.349 e. The molecule has 1 aromatic rings. The van der Waals surface area contributed by atoms with Crippen LogP contribution in [0.2, 0.25) is 0 Å². The van der Waals surface area contributed by atoms with Gasteiger partial charge in [-0.2, -0.15) is 16.9 Å². The Morgan fingerprint density at radius 3 is 2.88 bits per heavy atom. The molecular weight excluding hydrogens is 226 g/mol. The van der Waals surface area contributed by atoms with Crippen LogP contribution in [-0.4, -0.2) is 33.7 Å². The van der Waals surface area contributed by atoms with E-state index in [4.69, 9.17) is 0 Å². The standard InChI is InChI=1S/C10H13N3O2S/c1-16-10(4-5-10)6-11-9(15)7-2-3-8(14)13-12-7/h2-3H,4-6H2,1H3,(H,11,15)(H,13,14). The number of hydrogen-bond donors (Lipinski definition) is 2. The van der Waals surface area contributed by atoms with E-state index in [2.05, 4.69) is 21.8 Å². The Morgan fingerprint density at radius 2 is 2.38 bits per heavy atom. The third kappa shape index (κ3) is 2.44. The molecule has 86 valence electrons. The summed E-state index contributed by atoms with van der Waals surface area (Å²) in [6, 6.07) is 2.72. The van der Waals surface area contributed by atoms with Crippen LogP contribution >= 0.6 is 11.8 Å². The van der Waals surface area contributed by atoms with Gasteiger partial charge < -0.3 is 5.32 Å². The molecule has 1 heterocycles. The van der Waals surface area contributed by atoms with Crippen molar-refractivity contribution >= 4 is 17.7 Å². The van der Waals surface area contributed by atoms with Crippen LogP contribution < -0.4 is 10.9 Å². The highest BCUT2D eigenvalue weighted by atomic mass is 32.2. The van der Waals surface area contributed by atoms with Gasteiger partial charge in [-0.1, -0.05) is 0 Å². The lowest BCUT2D eigenvalue weighted by molar-refractivity contribution is 0.0947. The molecule has 0 radical (unpaired) electrons. The molecule has 2 N–H and O–H groups in total. The van der Waals surface area contributed by atoms with Crippen molar-refractivity contribution in [2.75, 3.05) is 12.8 Å². The molecule has 0 spiro atoms. The lowest BCUT2D eigenvalue weighted by atomic mass is 10.3. The molecule has 1 saturated carbocycles. The number of thioether (sulfide) groups is 1. The Bertz CT molecular complexity index is 433. The van der Waals surface area contributed by atoms with Gasteiger partial charge in [0.15, 0.2) is 0 Å². The molecule has 5 nitrogen and oxygen atoms in total. The highest BCUT2D eigenvalue weighted by Gasteiger charge is 2.41. The van der Waals surface area contributed by atoms with E-state index in [9.17, 15) is 9.59 Å². The van der Waals surface area contributed by atoms with Crippen LogP contribution in [-0.2, 0) is 0 Å². The Balaban J connectivity index is 1.93. The van der Waals surface area contributed by atoms with E-state index < -0.39 is 0 Å². The zero-order valence-electron chi connectivity index (χ0n) is 8.95. The highest BCUT2D eigenvalue weighted by Crippen LogP contribution is 2.46. The summed E-state index contributed by atoms with van der Waals surface area (Å²) in [4.78, 5) is 22.4. The number of H-pyrrole nitrogens is 1. The molecule has 1 aliphatic rings. The van der Waals surface area contributed by atoms with Crippen molar-refractivity contribution in [2.45, 2.75) is 17.6 Å². The lowest BCUT2D eigenvalue weighted by Crippen LogP contribution is -2.32. The second-order valence-corrected chi connectivity index (χ2v) is 5.15. The number of hydrogen-bond acceptors (Lipinski definition) is 4. The molecule has 1 aromatic heterocycles. The Kier molecular flexibility index (Phi) is 3.00. The topological polar surface area (TPSA) is 74.8 Å². The summed E-state index contributed by atoms with van der Waals surface area (Å²) in [6.45, 7) is 0.661. The predicted octanol–water partition coefficient (Wildman–Crippen LogP) is 0.395. The fourth-order valence-electron chi connectivity index (χ4n) is 1.40. The second kappa shape index (κ2) is 4.29. The van der Waals surface area contributed by atoms with E-state index in [1.54, 1.807) is 11.8 Å². The van der Waals surface area contributed by atoms with Gasteiger partial charge in [0.25, 0.3) is 11.5 Å². The van der Waals surface area contributed by atoms with Crippen molar-refractivity contribution in [1.29, 1.82) is 0 Å². The molecule has 2 rings (SSSR count). The summed E-state index contributed by atoms with van der Waals surface area (Å²) in [5.74, 6) is -0.239. The summed E-state index contributed by atoms with van der Waals surface area (Å²) in [5.41, 5.74) is -0.0594. The molecule has 16 heavy (non-hydrogen) atoms. The summed E-state index contributed by atoms with van der Waals surface area (Å²) in [6.07, 6.45) is 4.35. The third-order valence-electron chi connectivity index (χ3n) is 2.72. The van der Waals surface area contributed by atoms with Crippen LogP contribution in [0.5, 0.6) is 0 Å². The van der Waals surface area contributed by atoms with Crippen LogP contribution in [0.1, 0.15) is 23.3 Å². The minimum Gasteiger partial charge on any atom is -0.349 e. The maximum absolute atomic E-state index is 11.6. The lowest BCUT2D eigenvalue weighted by Gasteiger charge is -2.12. The van der Waals surface area contributed by atoms with E-state index in [-0.39, 0.29) is 21.9 Å². The number of carbonyl (C=O) groups excluding carboxylic acids is 1. The van der Waals surface area contributed by atoms with E-state index in [1.165, 1.54) is 12.1 Å². The molecule has 0 aromatic carbocycles. The minimum absolute atomic E-state index is 0.234. The first kappa shape index (κ1) is 11.2. The summed E-state index contributed by atoms with van der Waals surface area (Å²) < 4.78 is 0.234. The fourth-order valence-corrected chi connectivity index (χ4v) is 2.12. The summed E-state index contributed by atoms with van der Waals surface area (Å²) >= 11 is 1.78. The van der Waals surface area contributed by atoms with Gasteiger partial charge in [-0.3, -0.25) is 9.59 Å². The number of rotatable bonds is 4. The van der Waals surface area contributed by atoms with Crippen LogP contribution in [0.3, 0.4) is 0 Å². The molecule has 1 fully saturated rings. The first-order valence-corrected chi connectivity index (χ1v) is 6.27. The molecule has 0 aliphatic heterocycles. The first-order valence-electron chi connectivity index (χ1n) is 5.04. The number of amides is 1. The van der Waals surface area contributed by atoms with Crippen molar-refractivity contribution in [1.82, 2.24) is 15.5 Å². The third-order valence-corrected chi connectivity index (χ3v) is 4.14. The molecule has 1 amide bonds. The van der Waals surface area contributed by atoms with Crippen molar-refractivity contribution in [3.8, 4) is 0 Å². The molecule has 1 aliphatic carbocycles. The van der Waals surface area contributed by atoms with Gasteiger partial charge in [-0.25, -0.2) is 5.10 Å². The van der Waals surface area contributed by atoms with E-state index in [0.29, 0.717) is 6.54 Å². The minimum atomic E-state index is -0.306. The smallest absolute Gasteiger partial charge is 0.271 e. The van der Waals surface area contributed by atoms with E-state index >= 15 is 0 Å². The average Bonchev–Trinajstić information content (AvgIpc) is 3.08. The summed E-state index contributed by atoms with van der Waals surface area (Å²) in [7, 11) is 0. The van der Waals surface area contributed by atoms with Crippen molar-refractivity contribution < 1.29 is 4.79 Å². The highest BCUT2D eigenvalue weighted by molar-refractivity contribution is 8.00. The Labute approximate surface area is 97.0 Å². The van der Waals surface area contributed by atoms with Gasteiger partial charge in [-0.15, -0.1) is 0 Å². The SMILES string of the molecule is CSC1(CNC(=O)c2ccc(=O)[nH]n2)CC1. The second-order valence-electron chi connectivity index (χ2n) is 3.88. The summed E-state index contributed by atoms with van der Waals surface area (Å²) in [5, 5.41) is 8.73. The Morgan fingerprint density at radius 1 is 1.62 bits per heavy atom. The molecule has 0 atom stereocenters. The number of aromatic nitrogens is 2. The number of aromatic amines is 1. The van der Waals surface area contributed by atoms with Gasteiger partial charge >= 0.3 is 0 Å². The van der Waals surface area contributed by atoms with Crippen molar-refractivity contribution in [3.05, 3.63) is 28.2 Å². The van der Waals surface area contributed by atoms with Gasteiger partial charge in [0.1, 0.15) is 5.69 Å². The molecule has 0 bridgehead atoms. The van der Waals surface area contributed by atoms with Crippen LogP contribution in [0.4, 0.5) is 0 Å². The van der Waals surface area contributed by atoms with E-state index in [1.807, 2.05) is 0 Å².